The fourth-order valence-corrected chi connectivity index (χ4v) is 1.00. The molecule has 0 saturated carbocycles. The van der Waals surface area contributed by atoms with Crippen LogP contribution in [0.4, 0.5) is 5.69 Å². The molecular formula is C10H12N2O2. The lowest BCUT2D eigenvalue weighted by Gasteiger charge is -1.96. The van der Waals surface area contributed by atoms with Gasteiger partial charge in [0.25, 0.3) is 5.69 Å². The van der Waals surface area contributed by atoms with E-state index in [1.165, 1.54) is 12.1 Å². The summed E-state index contributed by atoms with van der Waals surface area (Å²) in [5.41, 5.74) is 6.40. The van der Waals surface area contributed by atoms with Crippen LogP contribution in [0.15, 0.2) is 30.3 Å². The second-order valence-corrected chi connectivity index (χ2v) is 3.07. The molecule has 0 aliphatic heterocycles. The lowest BCUT2D eigenvalue weighted by atomic mass is 10.1. The van der Waals surface area contributed by atoms with E-state index in [1.807, 2.05) is 6.92 Å². The van der Waals surface area contributed by atoms with Gasteiger partial charge in [-0.15, -0.1) is 0 Å². The Bertz CT molecular complexity index is 359. The van der Waals surface area contributed by atoms with Gasteiger partial charge in [-0.25, -0.2) is 0 Å². The summed E-state index contributed by atoms with van der Waals surface area (Å²) >= 11 is 0. The van der Waals surface area contributed by atoms with Crippen LogP contribution in [0.3, 0.4) is 0 Å². The number of non-ortho nitro benzene ring substituents is 1. The maximum absolute atomic E-state index is 10.4. The van der Waals surface area contributed by atoms with Gasteiger partial charge in [0.05, 0.1) is 4.92 Å². The highest BCUT2D eigenvalue weighted by Gasteiger charge is 2.03. The van der Waals surface area contributed by atoms with Gasteiger partial charge < -0.3 is 5.73 Å². The van der Waals surface area contributed by atoms with Gasteiger partial charge in [-0.2, -0.15) is 0 Å². The van der Waals surface area contributed by atoms with Gasteiger partial charge in [0.1, 0.15) is 0 Å². The zero-order valence-electron chi connectivity index (χ0n) is 7.88. The maximum Gasteiger partial charge on any atom is 0.270 e. The lowest BCUT2D eigenvalue weighted by Crippen LogP contribution is -2.09. The van der Waals surface area contributed by atoms with Crippen LogP contribution in [-0.2, 0) is 0 Å². The standard InChI is InChI=1S/C10H12N2O2/c1-8(11)5-6-9-3-2-4-10(7-9)12(13)14/h2-8H,11H2,1H3/b6-5+. The summed E-state index contributed by atoms with van der Waals surface area (Å²) in [6.45, 7) is 1.84. The van der Waals surface area contributed by atoms with E-state index in [9.17, 15) is 10.1 Å². The minimum Gasteiger partial charge on any atom is -0.325 e. The molecule has 1 rings (SSSR count). The monoisotopic (exact) mass is 192 g/mol. The fourth-order valence-electron chi connectivity index (χ4n) is 1.00. The van der Waals surface area contributed by atoms with Crippen LogP contribution in [-0.4, -0.2) is 11.0 Å². The summed E-state index contributed by atoms with van der Waals surface area (Å²) in [4.78, 5) is 10.0. The summed E-state index contributed by atoms with van der Waals surface area (Å²) in [7, 11) is 0. The van der Waals surface area contributed by atoms with Crippen LogP contribution in [0.1, 0.15) is 12.5 Å². The number of nitro benzene ring substituents is 1. The van der Waals surface area contributed by atoms with Crippen molar-refractivity contribution in [2.75, 3.05) is 0 Å². The highest BCUT2D eigenvalue weighted by Crippen LogP contribution is 2.14. The molecule has 0 fully saturated rings. The van der Waals surface area contributed by atoms with Crippen molar-refractivity contribution >= 4 is 11.8 Å². The van der Waals surface area contributed by atoms with Crippen LogP contribution in [0.2, 0.25) is 0 Å². The SMILES string of the molecule is CC(N)/C=C/c1cccc([N+](=O)[O-])c1. The van der Waals surface area contributed by atoms with Crippen molar-refractivity contribution < 1.29 is 4.92 Å². The molecule has 0 spiro atoms. The van der Waals surface area contributed by atoms with Crippen LogP contribution in [0.5, 0.6) is 0 Å². The topological polar surface area (TPSA) is 69.2 Å². The Hall–Kier alpha value is -1.68. The van der Waals surface area contributed by atoms with Crippen molar-refractivity contribution in [1.29, 1.82) is 0 Å². The Morgan fingerprint density at radius 3 is 2.86 bits per heavy atom. The van der Waals surface area contributed by atoms with Crippen molar-refractivity contribution in [3.8, 4) is 0 Å². The average molecular weight is 192 g/mol. The van der Waals surface area contributed by atoms with Gasteiger partial charge in [0.15, 0.2) is 0 Å². The molecule has 4 heteroatoms. The summed E-state index contributed by atoms with van der Waals surface area (Å²) in [5, 5.41) is 10.4. The van der Waals surface area contributed by atoms with Gasteiger partial charge in [-0.1, -0.05) is 24.3 Å². The first-order valence-corrected chi connectivity index (χ1v) is 4.28. The second kappa shape index (κ2) is 4.53. The number of nitrogens with zero attached hydrogens (tertiary/aromatic N) is 1. The van der Waals surface area contributed by atoms with E-state index in [0.29, 0.717) is 0 Å². The van der Waals surface area contributed by atoms with E-state index in [2.05, 4.69) is 0 Å². The molecule has 1 unspecified atom stereocenters. The van der Waals surface area contributed by atoms with Crippen molar-refractivity contribution in [3.05, 3.63) is 46.0 Å². The number of nitrogens with two attached hydrogens (primary N) is 1. The summed E-state index contributed by atoms with van der Waals surface area (Å²) in [6.07, 6.45) is 3.57. The third-order valence-corrected chi connectivity index (χ3v) is 1.67. The van der Waals surface area contributed by atoms with Crippen molar-refractivity contribution in [2.45, 2.75) is 13.0 Å². The minimum atomic E-state index is -0.413. The quantitative estimate of drug-likeness (QED) is 0.587. The molecule has 4 nitrogen and oxygen atoms in total. The van der Waals surface area contributed by atoms with Crippen molar-refractivity contribution in [2.24, 2.45) is 5.73 Å². The number of nitro groups is 1. The summed E-state index contributed by atoms with van der Waals surface area (Å²) < 4.78 is 0. The van der Waals surface area contributed by atoms with Crippen molar-refractivity contribution in [3.63, 3.8) is 0 Å². The van der Waals surface area contributed by atoms with Crippen LogP contribution in [0, 0.1) is 10.1 Å². The molecule has 74 valence electrons. The predicted molar refractivity (Wildman–Crippen MR) is 55.8 cm³/mol. The Labute approximate surface area is 82.2 Å². The van der Waals surface area contributed by atoms with Gasteiger partial charge >= 0.3 is 0 Å². The molecule has 1 aromatic rings. The molecule has 0 bridgehead atoms. The Morgan fingerprint density at radius 2 is 2.29 bits per heavy atom. The number of rotatable bonds is 3. The third-order valence-electron chi connectivity index (χ3n) is 1.67. The number of hydrogen-bond acceptors (Lipinski definition) is 3. The van der Waals surface area contributed by atoms with Crippen LogP contribution in [0.25, 0.3) is 6.08 Å². The van der Waals surface area contributed by atoms with E-state index in [1.54, 1.807) is 24.3 Å². The molecule has 0 heterocycles. The van der Waals surface area contributed by atoms with Crippen LogP contribution < -0.4 is 5.73 Å². The second-order valence-electron chi connectivity index (χ2n) is 3.07. The van der Waals surface area contributed by atoms with Gasteiger partial charge in [0.2, 0.25) is 0 Å². The van der Waals surface area contributed by atoms with E-state index >= 15 is 0 Å². The number of benzene rings is 1. The van der Waals surface area contributed by atoms with E-state index in [-0.39, 0.29) is 11.7 Å². The maximum atomic E-state index is 10.4. The third kappa shape index (κ3) is 2.99. The molecule has 0 aliphatic carbocycles. The Morgan fingerprint density at radius 1 is 1.57 bits per heavy atom. The first-order valence-electron chi connectivity index (χ1n) is 4.28. The Balaban J connectivity index is 2.89. The molecule has 0 saturated heterocycles. The van der Waals surface area contributed by atoms with Gasteiger partial charge in [0, 0.05) is 18.2 Å². The zero-order valence-corrected chi connectivity index (χ0v) is 7.88. The first-order chi connectivity index (χ1) is 6.59. The van der Waals surface area contributed by atoms with E-state index in [0.717, 1.165) is 5.56 Å². The first kappa shape index (κ1) is 10.4. The van der Waals surface area contributed by atoms with Crippen molar-refractivity contribution in [1.82, 2.24) is 0 Å². The molecule has 0 amide bonds. The van der Waals surface area contributed by atoms with Gasteiger partial charge in [-0.3, -0.25) is 10.1 Å². The molecular weight excluding hydrogens is 180 g/mol. The molecule has 1 aromatic carbocycles. The fraction of sp³-hybridized carbons (Fsp3) is 0.200. The number of hydrogen-bond donors (Lipinski definition) is 1. The van der Waals surface area contributed by atoms with E-state index in [4.69, 9.17) is 5.73 Å². The summed E-state index contributed by atoms with van der Waals surface area (Å²) in [6, 6.07) is 6.38. The predicted octanol–water partition coefficient (Wildman–Crippen LogP) is 1.96. The zero-order chi connectivity index (χ0) is 10.6. The van der Waals surface area contributed by atoms with Gasteiger partial charge in [-0.05, 0) is 12.5 Å². The Kier molecular flexibility index (Phi) is 3.36. The molecule has 0 radical (unpaired) electrons. The van der Waals surface area contributed by atoms with E-state index < -0.39 is 4.92 Å². The highest BCUT2D eigenvalue weighted by molar-refractivity contribution is 5.53. The normalized spacial score (nSPS) is 13.0. The van der Waals surface area contributed by atoms with Crippen LogP contribution >= 0.6 is 0 Å². The smallest absolute Gasteiger partial charge is 0.270 e. The average Bonchev–Trinajstić information content (AvgIpc) is 2.15. The largest absolute Gasteiger partial charge is 0.325 e. The molecule has 0 aromatic heterocycles. The molecule has 0 aliphatic rings. The highest BCUT2D eigenvalue weighted by atomic mass is 16.6. The molecule has 14 heavy (non-hydrogen) atoms. The summed E-state index contributed by atoms with van der Waals surface area (Å²) in [5.74, 6) is 0. The molecule has 1 atom stereocenters. The lowest BCUT2D eigenvalue weighted by molar-refractivity contribution is -0.384. The molecule has 2 N–H and O–H groups in total. The minimum absolute atomic E-state index is 0.0470.